The average Bonchev–Trinajstić information content (AvgIpc) is 3.65. The number of methoxy groups -OCH3 is 1. The Bertz CT molecular complexity index is 1190. The van der Waals surface area contributed by atoms with Crippen LogP contribution >= 0.6 is 12.2 Å². The van der Waals surface area contributed by atoms with Crippen LogP contribution in [-0.4, -0.2) is 51.8 Å². The van der Waals surface area contributed by atoms with Crippen molar-refractivity contribution in [1.29, 1.82) is 0 Å². The van der Waals surface area contributed by atoms with Crippen molar-refractivity contribution in [3.05, 3.63) is 78.4 Å². The van der Waals surface area contributed by atoms with Gasteiger partial charge in [-0.25, -0.2) is 0 Å². The van der Waals surface area contributed by atoms with Crippen LogP contribution in [0.15, 0.2) is 67.0 Å². The van der Waals surface area contributed by atoms with Gasteiger partial charge in [0.2, 0.25) is 5.91 Å². The SMILES string of the molecule is COc1ccccc1NC(=O)CCN1C(=S)N[C@@H](c2ccccn2)[C@H]1c1cccn1C[C@@H]1CCCO1. The van der Waals surface area contributed by atoms with E-state index in [-0.39, 0.29) is 30.5 Å². The van der Waals surface area contributed by atoms with Gasteiger partial charge in [-0.15, -0.1) is 0 Å². The summed E-state index contributed by atoms with van der Waals surface area (Å²) in [4.78, 5) is 19.6. The van der Waals surface area contributed by atoms with Crippen molar-refractivity contribution < 1.29 is 14.3 Å². The zero-order chi connectivity index (χ0) is 24.9. The number of rotatable bonds is 9. The first-order chi connectivity index (χ1) is 17.6. The van der Waals surface area contributed by atoms with E-state index in [4.69, 9.17) is 21.7 Å². The number of benzene rings is 1. The second-order valence-corrected chi connectivity index (χ2v) is 9.43. The van der Waals surface area contributed by atoms with Crippen molar-refractivity contribution >= 4 is 28.9 Å². The number of nitrogens with zero attached hydrogens (tertiary/aromatic N) is 3. The quantitative estimate of drug-likeness (QED) is 0.424. The van der Waals surface area contributed by atoms with Crippen LogP contribution in [0.2, 0.25) is 0 Å². The molecule has 2 aliphatic rings. The molecular formula is C27H31N5O3S. The first-order valence-corrected chi connectivity index (χ1v) is 12.7. The summed E-state index contributed by atoms with van der Waals surface area (Å²) in [6, 6.07) is 17.3. The average molecular weight is 506 g/mol. The number of carbonyl (C=O) groups excluding carboxylic acids is 1. The topological polar surface area (TPSA) is 80.7 Å². The summed E-state index contributed by atoms with van der Waals surface area (Å²) >= 11 is 5.78. The molecule has 2 aliphatic heterocycles. The number of hydrogen-bond donors (Lipinski definition) is 2. The number of anilines is 1. The number of carbonyl (C=O) groups is 1. The lowest BCUT2D eigenvalue weighted by molar-refractivity contribution is -0.116. The second-order valence-electron chi connectivity index (χ2n) is 9.04. The number of ether oxygens (including phenoxy) is 2. The molecule has 2 saturated heterocycles. The Morgan fingerprint density at radius 3 is 2.86 bits per heavy atom. The highest BCUT2D eigenvalue weighted by Crippen LogP contribution is 2.39. The Morgan fingerprint density at radius 2 is 2.08 bits per heavy atom. The van der Waals surface area contributed by atoms with Gasteiger partial charge in [0, 0.05) is 44.2 Å². The van der Waals surface area contributed by atoms with Crippen molar-refractivity contribution in [3.63, 3.8) is 0 Å². The van der Waals surface area contributed by atoms with E-state index in [2.05, 4.69) is 43.4 Å². The molecule has 0 spiro atoms. The summed E-state index contributed by atoms with van der Waals surface area (Å²) in [5, 5.41) is 7.05. The van der Waals surface area contributed by atoms with Crippen LogP contribution in [0.1, 0.15) is 42.7 Å². The van der Waals surface area contributed by atoms with E-state index in [0.717, 1.165) is 37.4 Å². The number of pyridine rings is 1. The monoisotopic (exact) mass is 505 g/mol. The molecule has 0 unspecified atom stereocenters. The van der Waals surface area contributed by atoms with Crippen LogP contribution in [0, 0.1) is 0 Å². The molecule has 4 heterocycles. The molecule has 5 rings (SSSR count). The Kier molecular flexibility index (Phi) is 7.48. The second kappa shape index (κ2) is 11.1. The van der Waals surface area contributed by atoms with Gasteiger partial charge in [-0.1, -0.05) is 18.2 Å². The molecule has 1 amide bonds. The third kappa shape index (κ3) is 5.22. The zero-order valence-electron chi connectivity index (χ0n) is 20.3. The molecule has 0 radical (unpaired) electrons. The maximum absolute atomic E-state index is 12.9. The van der Waals surface area contributed by atoms with Crippen LogP contribution < -0.4 is 15.4 Å². The van der Waals surface area contributed by atoms with Crippen molar-refractivity contribution in [2.75, 3.05) is 25.6 Å². The molecule has 2 N–H and O–H groups in total. The van der Waals surface area contributed by atoms with Gasteiger partial charge in [-0.2, -0.15) is 0 Å². The predicted molar refractivity (Wildman–Crippen MR) is 142 cm³/mol. The molecule has 9 heteroatoms. The molecule has 0 bridgehead atoms. The van der Waals surface area contributed by atoms with E-state index in [1.807, 2.05) is 42.5 Å². The molecule has 2 aromatic heterocycles. The number of para-hydroxylation sites is 2. The lowest BCUT2D eigenvalue weighted by atomic mass is 10.0. The molecule has 188 valence electrons. The fraction of sp³-hybridized carbons (Fsp3) is 0.370. The van der Waals surface area contributed by atoms with Gasteiger partial charge in [-0.3, -0.25) is 9.78 Å². The van der Waals surface area contributed by atoms with Gasteiger partial charge in [0.15, 0.2) is 5.11 Å². The summed E-state index contributed by atoms with van der Waals surface area (Å²) < 4.78 is 13.5. The Labute approximate surface area is 216 Å². The molecule has 1 aromatic carbocycles. The summed E-state index contributed by atoms with van der Waals surface area (Å²) in [7, 11) is 1.59. The first kappa shape index (κ1) is 24.3. The van der Waals surface area contributed by atoms with Crippen molar-refractivity contribution in [3.8, 4) is 5.75 Å². The minimum absolute atomic E-state index is 0.0999. The Hall–Kier alpha value is -3.43. The molecule has 0 aliphatic carbocycles. The van der Waals surface area contributed by atoms with Crippen molar-refractivity contribution in [2.45, 2.75) is 44.0 Å². The fourth-order valence-corrected chi connectivity index (χ4v) is 5.35. The van der Waals surface area contributed by atoms with Gasteiger partial charge < -0.3 is 29.6 Å². The van der Waals surface area contributed by atoms with Gasteiger partial charge in [0.05, 0.1) is 36.7 Å². The molecule has 8 nitrogen and oxygen atoms in total. The van der Waals surface area contributed by atoms with E-state index in [9.17, 15) is 4.79 Å². The molecule has 3 aromatic rings. The zero-order valence-corrected chi connectivity index (χ0v) is 21.1. The summed E-state index contributed by atoms with van der Waals surface area (Å²) in [5.74, 6) is 0.529. The van der Waals surface area contributed by atoms with Crippen LogP contribution in [0.3, 0.4) is 0 Å². The number of aromatic nitrogens is 2. The summed E-state index contributed by atoms with van der Waals surface area (Å²) in [6.07, 6.45) is 6.55. The highest BCUT2D eigenvalue weighted by Gasteiger charge is 2.41. The normalized spacial score (nSPS) is 21.4. The number of thiocarbonyl (C=S) groups is 1. The minimum atomic E-state index is -0.130. The first-order valence-electron chi connectivity index (χ1n) is 12.3. The van der Waals surface area contributed by atoms with Crippen LogP contribution in [-0.2, 0) is 16.1 Å². The van der Waals surface area contributed by atoms with E-state index in [0.29, 0.717) is 23.1 Å². The summed E-state index contributed by atoms with van der Waals surface area (Å²) in [5.41, 5.74) is 2.69. The molecule has 2 fully saturated rings. The van der Waals surface area contributed by atoms with Crippen LogP contribution in [0.4, 0.5) is 5.69 Å². The maximum atomic E-state index is 12.9. The van der Waals surface area contributed by atoms with E-state index in [1.165, 1.54) is 0 Å². The Balaban J connectivity index is 1.37. The van der Waals surface area contributed by atoms with E-state index >= 15 is 0 Å². The van der Waals surface area contributed by atoms with Crippen LogP contribution in [0.5, 0.6) is 5.75 Å². The van der Waals surface area contributed by atoms with Crippen LogP contribution in [0.25, 0.3) is 0 Å². The third-order valence-corrected chi connectivity index (χ3v) is 7.10. The summed E-state index contributed by atoms with van der Waals surface area (Å²) in [6.45, 7) is 2.08. The third-order valence-electron chi connectivity index (χ3n) is 6.75. The van der Waals surface area contributed by atoms with E-state index in [1.54, 1.807) is 13.3 Å². The molecule has 3 atom stereocenters. The Morgan fingerprint density at radius 1 is 1.22 bits per heavy atom. The number of nitrogens with one attached hydrogen (secondary N) is 2. The maximum Gasteiger partial charge on any atom is 0.226 e. The van der Waals surface area contributed by atoms with E-state index < -0.39 is 0 Å². The van der Waals surface area contributed by atoms with Gasteiger partial charge in [0.1, 0.15) is 5.75 Å². The van der Waals surface area contributed by atoms with Gasteiger partial charge in [-0.05, 0) is 61.5 Å². The number of hydrogen-bond acceptors (Lipinski definition) is 5. The fourth-order valence-electron chi connectivity index (χ4n) is 5.02. The lowest BCUT2D eigenvalue weighted by Gasteiger charge is -2.29. The standard InChI is InChI=1S/C27H31N5O3S/c1-34-23-12-3-2-9-20(23)29-24(33)13-16-32-26(25(30-27(32)36)21-10-4-5-14-28-21)22-11-6-15-31(22)18-19-8-7-17-35-19/h2-6,9-12,14-15,19,25-26H,7-8,13,16-18H2,1H3,(H,29,33)(H,30,36)/t19-,25-,26+/m0/s1. The largest absolute Gasteiger partial charge is 0.495 e. The smallest absolute Gasteiger partial charge is 0.226 e. The number of amides is 1. The molecule has 36 heavy (non-hydrogen) atoms. The molecular weight excluding hydrogens is 474 g/mol. The van der Waals surface area contributed by atoms with Crippen molar-refractivity contribution in [1.82, 2.24) is 19.8 Å². The highest BCUT2D eigenvalue weighted by molar-refractivity contribution is 7.80. The lowest BCUT2D eigenvalue weighted by Crippen LogP contribution is -2.33. The molecule has 0 saturated carbocycles. The highest BCUT2D eigenvalue weighted by atomic mass is 32.1. The van der Waals surface area contributed by atoms with Crippen molar-refractivity contribution in [2.24, 2.45) is 0 Å². The predicted octanol–water partition coefficient (Wildman–Crippen LogP) is 4.07. The minimum Gasteiger partial charge on any atom is -0.495 e. The van der Waals surface area contributed by atoms with Gasteiger partial charge in [0.25, 0.3) is 0 Å². The van der Waals surface area contributed by atoms with Gasteiger partial charge >= 0.3 is 0 Å².